The van der Waals surface area contributed by atoms with Gasteiger partial charge in [-0.05, 0) is 39.0 Å². The first-order valence-electron chi connectivity index (χ1n) is 7.44. The van der Waals surface area contributed by atoms with Gasteiger partial charge in [0.25, 0.3) is 0 Å². The van der Waals surface area contributed by atoms with E-state index in [1.54, 1.807) is 0 Å². The zero-order valence-corrected chi connectivity index (χ0v) is 13.0. The predicted molar refractivity (Wildman–Crippen MR) is 77.9 cm³/mol. The van der Waals surface area contributed by atoms with E-state index in [2.05, 4.69) is 56.4 Å². The van der Waals surface area contributed by atoms with Crippen LogP contribution in [0.15, 0.2) is 6.20 Å². The molecule has 0 saturated heterocycles. The molecule has 1 fully saturated rings. The smallest absolute Gasteiger partial charge is 0.0965 e. The van der Waals surface area contributed by atoms with Crippen molar-refractivity contribution in [2.24, 2.45) is 5.41 Å². The SMILES string of the molecule is CC1(C)CCCCC1NCc1cn(C(C)(C)C)nn1. The molecule has 1 N–H and O–H groups in total. The van der Waals surface area contributed by atoms with Crippen LogP contribution in [0.25, 0.3) is 0 Å². The first kappa shape index (κ1) is 14.5. The highest BCUT2D eigenvalue weighted by molar-refractivity contribution is 4.96. The summed E-state index contributed by atoms with van der Waals surface area (Å²) in [6.45, 7) is 12.0. The Morgan fingerprint density at radius 2 is 2.11 bits per heavy atom. The first-order valence-corrected chi connectivity index (χ1v) is 7.44. The van der Waals surface area contributed by atoms with Gasteiger partial charge in [0.05, 0.1) is 17.4 Å². The third-order valence-electron chi connectivity index (χ3n) is 4.26. The van der Waals surface area contributed by atoms with Gasteiger partial charge in [0.2, 0.25) is 0 Å². The predicted octanol–water partition coefficient (Wildman–Crippen LogP) is 3.09. The minimum absolute atomic E-state index is 0.00929. The van der Waals surface area contributed by atoms with Crippen molar-refractivity contribution in [1.29, 1.82) is 0 Å². The van der Waals surface area contributed by atoms with Gasteiger partial charge in [-0.2, -0.15) is 0 Å². The molecule has 19 heavy (non-hydrogen) atoms. The maximum absolute atomic E-state index is 4.27. The van der Waals surface area contributed by atoms with E-state index in [9.17, 15) is 0 Å². The summed E-state index contributed by atoms with van der Waals surface area (Å²) in [7, 11) is 0. The Balaban J connectivity index is 1.93. The van der Waals surface area contributed by atoms with Crippen molar-refractivity contribution in [3.8, 4) is 0 Å². The summed E-state index contributed by atoms with van der Waals surface area (Å²) < 4.78 is 1.94. The first-order chi connectivity index (χ1) is 8.79. The number of nitrogens with zero attached hydrogens (tertiary/aromatic N) is 3. The maximum atomic E-state index is 4.27. The molecule has 1 aliphatic carbocycles. The lowest BCUT2D eigenvalue weighted by molar-refractivity contribution is 0.166. The van der Waals surface area contributed by atoms with Gasteiger partial charge in [-0.3, -0.25) is 0 Å². The molecule has 4 nitrogen and oxygen atoms in total. The Hall–Kier alpha value is -0.900. The summed E-state index contributed by atoms with van der Waals surface area (Å²) in [5.74, 6) is 0. The van der Waals surface area contributed by atoms with E-state index >= 15 is 0 Å². The molecule has 1 saturated carbocycles. The average molecular weight is 264 g/mol. The van der Waals surface area contributed by atoms with Crippen LogP contribution in [-0.4, -0.2) is 21.0 Å². The van der Waals surface area contributed by atoms with E-state index in [4.69, 9.17) is 0 Å². The molecule has 1 heterocycles. The van der Waals surface area contributed by atoms with Crippen LogP contribution in [0.3, 0.4) is 0 Å². The monoisotopic (exact) mass is 264 g/mol. The molecule has 1 aromatic heterocycles. The van der Waals surface area contributed by atoms with Crippen molar-refractivity contribution >= 4 is 0 Å². The summed E-state index contributed by atoms with van der Waals surface area (Å²) in [4.78, 5) is 0. The van der Waals surface area contributed by atoms with Crippen molar-refractivity contribution < 1.29 is 0 Å². The average Bonchev–Trinajstić information content (AvgIpc) is 2.75. The van der Waals surface area contributed by atoms with Gasteiger partial charge in [0, 0.05) is 12.6 Å². The summed E-state index contributed by atoms with van der Waals surface area (Å²) in [5.41, 5.74) is 1.45. The lowest BCUT2D eigenvalue weighted by atomic mass is 9.73. The molecule has 108 valence electrons. The Labute approximate surface area is 117 Å². The molecule has 0 amide bonds. The largest absolute Gasteiger partial charge is 0.308 e. The van der Waals surface area contributed by atoms with Crippen LogP contribution in [0.4, 0.5) is 0 Å². The van der Waals surface area contributed by atoms with E-state index in [0.29, 0.717) is 11.5 Å². The molecule has 0 aromatic carbocycles. The summed E-state index contributed by atoms with van der Waals surface area (Å²) >= 11 is 0. The fourth-order valence-electron chi connectivity index (χ4n) is 2.81. The second-order valence-corrected chi connectivity index (χ2v) is 7.49. The number of rotatable bonds is 3. The Morgan fingerprint density at radius 3 is 2.68 bits per heavy atom. The second-order valence-electron chi connectivity index (χ2n) is 7.49. The highest BCUT2D eigenvalue weighted by atomic mass is 15.4. The summed E-state index contributed by atoms with van der Waals surface area (Å²) in [6.07, 6.45) is 7.36. The Morgan fingerprint density at radius 1 is 1.37 bits per heavy atom. The topological polar surface area (TPSA) is 42.7 Å². The zero-order chi connectivity index (χ0) is 14.1. The van der Waals surface area contributed by atoms with E-state index in [-0.39, 0.29) is 5.54 Å². The molecule has 0 aliphatic heterocycles. The molecule has 0 spiro atoms. The van der Waals surface area contributed by atoms with Gasteiger partial charge >= 0.3 is 0 Å². The third kappa shape index (κ3) is 3.56. The third-order valence-corrected chi connectivity index (χ3v) is 4.26. The molecule has 1 aliphatic rings. The fourth-order valence-corrected chi connectivity index (χ4v) is 2.81. The Kier molecular flexibility index (Phi) is 4.00. The molecule has 1 aromatic rings. The van der Waals surface area contributed by atoms with Crippen molar-refractivity contribution in [1.82, 2.24) is 20.3 Å². The van der Waals surface area contributed by atoms with Crippen LogP contribution in [-0.2, 0) is 12.1 Å². The maximum Gasteiger partial charge on any atom is 0.0965 e. The van der Waals surface area contributed by atoms with Crippen molar-refractivity contribution in [3.63, 3.8) is 0 Å². The zero-order valence-electron chi connectivity index (χ0n) is 13.0. The summed E-state index contributed by atoms with van der Waals surface area (Å²) in [6, 6.07) is 0.598. The minimum atomic E-state index is 0.00929. The van der Waals surface area contributed by atoms with Crippen molar-refractivity contribution in [2.45, 2.75) is 78.4 Å². The van der Waals surface area contributed by atoms with Gasteiger partial charge in [-0.15, -0.1) is 5.10 Å². The molecule has 0 bridgehead atoms. The van der Waals surface area contributed by atoms with Crippen LogP contribution in [0.5, 0.6) is 0 Å². The molecule has 2 rings (SSSR count). The number of nitrogens with one attached hydrogen (secondary N) is 1. The standard InChI is InChI=1S/C15H28N4/c1-14(2,3)19-11-12(17-18-19)10-16-13-8-6-7-9-15(13,4)5/h11,13,16H,6-10H2,1-5H3. The lowest BCUT2D eigenvalue weighted by Crippen LogP contribution is -2.43. The summed E-state index contributed by atoms with van der Waals surface area (Å²) in [5, 5.41) is 12.2. The molecule has 4 heteroatoms. The van der Waals surface area contributed by atoms with E-state index in [1.165, 1.54) is 25.7 Å². The molecular weight excluding hydrogens is 236 g/mol. The van der Waals surface area contributed by atoms with Crippen LogP contribution in [0.2, 0.25) is 0 Å². The number of hydrogen-bond donors (Lipinski definition) is 1. The van der Waals surface area contributed by atoms with Crippen molar-refractivity contribution in [2.75, 3.05) is 0 Å². The molecular formula is C15H28N4. The van der Waals surface area contributed by atoms with Crippen LogP contribution >= 0.6 is 0 Å². The van der Waals surface area contributed by atoms with Crippen LogP contribution < -0.4 is 5.32 Å². The lowest BCUT2D eigenvalue weighted by Gasteiger charge is -2.39. The van der Waals surface area contributed by atoms with Crippen molar-refractivity contribution in [3.05, 3.63) is 11.9 Å². The van der Waals surface area contributed by atoms with Gasteiger partial charge in [-0.1, -0.05) is 31.9 Å². The molecule has 0 radical (unpaired) electrons. The minimum Gasteiger partial charge on any atom is -0.308 e. The van der Waals surface area contributed by atoms with Gasteiger partial charge in [-0.25, -0.2) is 4.68 Å². The number of aromatic nitrogens is 3. The normalized spacial score (nSPS) is 23.5. The second kappa shape index (κ2) is 5.23. The van der Waals surface area contributed by atoms with Gasteiger partial charge in [0.1, 0.15) is 0 Å². The van der Waals surface area contributed by atoms with Crippen LogP contribution in [0, 0.1) is 5.41 Å². The molecule has 1 atom stereocenters. The fraction of sp³-hybridized carbons (Fsp3) is 0.867. The van der Waals surface area contributed by atoms with Gasteiger partial charge < -0.3 is 5.32 Å². The van der Waals surface area contributed by atoms with E-state index < -0.39 is 0 Å². The highest BCUT2D eigenvalue weighted by Crippen LogP contribution is 2.35. The quantitative estimate of drug-likeness (QED) is 0.912. The van der Waals surface area contributed by atoms with E-state index in [0.717, 1.165) is 12.2 Å². The number of hydrogen-bond acceptors (Lipinski definition) is 3. The highest BCUT2D eigenvalue weighted by Gasteiger charge is 2.31. The van der Waals surface area contributed by atoms with Gasteiger partial charge in [0.15, 0.2) is 0 Å². The van der Waals surface area contributed by atoms with E-state index in [1.807, 2.05) is 4.68 Å². The molecule has 1 unspecified atom stereocenters. The van der Waals surface area contributed by atoms with Crippen LogP contribution in [0.1, 0.15) is 66.0 Å². The Bertz CT molecular complexity index is 414.